The summed E-state index contributed by atoms with van der Waals surface area (Å²) in [6.07, 6.45) is 1.20. The molecule has 0 saturated carbocycles. The summed E-state index contributed by atoms with van der Waals surface area (Å²) >= 11 is 0. The van der Waals surface area contributed by atoms with Crippen molar-refractivity contribution in [1.82, 2.24) is 9.78 Å². The molecule has 4 heteroatoms. The van der Waals surface area contributed by atoms with Crippen molar-refractivity contribution in [3.05, 3.63) is 53.3 Å². The molecule has 0 bridgehead atoms. The molecule has 4 nitrogen and oxygen atoms in total. The number of ketones is 1. The molecule has 0 fully saturated rings. The lowest BCUT2D eigenvalue weighted by molar-refractivity contribution is -0.119. The van der Waals surface area contributed by atoms with E-state index in [1.54, 1.807) is 0 Å². The monoisotopic (exact) mass is 271 g/mol. The first-order valence-corrected chi connectivity index (χ1v) is 7.04. The Bertz CT molecular complexity index is 575. The average molecular weight is 271 g/mol. The van der Waals surface area contributed by atoms with Crippen LogP contribution in [0.25, 0.3) is 0 Å². The van der Waals surface area contributed by atoms with Crippen molar-refractivity contribution in [3.63, 3.8) is 0 Å². The molecule has 0 unspecified atom stereocenters. The number of benzene rings is 1. The van der Waals surface area contributed by atoms with Crippen LogP contribution in [0.5, 0.6) is 0 Å². The number of nitrogens with zero attached hydrogens (tertiary/aromatic N) is 2. The summed E-state index contributed by atoms with van der Waals surface area (Å²) in [4.78, 5) is 12.3. The Balaban J connectivity index is 2.13. The molecule has 2 aromatic rings. The van der Waals surface area contributed by atoms with Crippen LogP contribution in [0, 0.1) is 0 Å². The van der Waals surface area contributed by atoms with Crippen LogP contribution < -0.4 is 5.73 Å². The van der Waals surface area contributed by atoms with Gasteiger partial charge >= 0.3 is 0 Å². The van der Waals surface area contributed by atoms with E-state index in [1.165, 1.54) is 0 Å². The fourth-order valence-corrected chi connectivity index (χ4v) is 2.24. The third-order valence-corrected chi connectivity index (χ3v) is 3.44. The number of carbonyl (C=O) groups is 1. The summed E-state index contributed by atoms with van der Waals surface area (Å²) < 4.78 is 1.88. The minimum atomic E-state index is -0.568. The number of nitrogens with two attached hydrogens (primary N) is 1. The molecule has 1 atom stereocenters. The Morgan fingerprint density at radius 1 is 1.30 bits per heavy atom. The molecule has 0 spiro atoms. The number of rotatable bonds is 6. The van der Waals surface area contributed by atoms with Crippen LogP contribution in [0.2, 0.25) is 0 Å². The highest BCUT2D eigenvalue weighted by Gasteiger charge is 2.18. The maximum Gasteiger partial charge on any atom is 0.159 e. The van der Waals surface area contributed by atoms with Crippen molar-refractivity contribution in [3.8, 4) is 0 Å². The molecule has 1 aromatic carbocycles. The second-order valence-corrected chi connectivity index (χ2v) is 4.83. The summed E-state index contributed by atoms with van der Waals surface area (Å²) in [5.41, 5.74) is 8.86. The van der Waals surface area contributed by atoms with Gasteiger partial charge in [0.1, 0.15) is 0 Å². The Labute approximate surface area is 119 Å². The van der Waals surface area contributed by atoms with Crippen molar-refractivity contribution in [2.75, 3.05) is 0 Å². The lowest BCUT2D eigenvalue weighted by Gasteiger charge is -2.11. The first-order valence-electron chi connectivity index (χ1n) is 7.04. The van der Waals surface area contributed by atoms with Crippen LogP contribution in [0.15, 0.2) is 36.4 Å². The molecule has 1 heterocycles. The van der Waals surface area contributed by atoms with Gasteiger partial charge in [0.25, 0.3) is 0 Å². The zero-order valence-electron chi connectivity index (χ0n) is 12.0. The molecule has 1 aromatic heterocycles. The Kier molecular flexibility index (Phi) is 4.69. The van der Waals surface area contributed by atoms with Crippen LogP contribution in [0.3, 0.4) is 0 Å². The fourth-order valence-electron chi connectivity index (χ4n) is 2.24. The quantitative estimate of drug-likeness (QED) is 0.876. The summed E-state index contributed by atoms with van der Waals surface area (Å²) in [6, 6.07) is 10.9. The molecule has 2 rings (SSSR count). The van der Waals surface area contributed by atoms with Gasteiger partial charge in [-0.1, -0.05) is 37.3 Å². The van der Waals surface area contributed by atoms with E-state index in [0.717, 1.165) is 29.9 Å². The van der Waals surface area contributed by atoms with Gasteiger partial charge < -0.3 is 5.73 Å². The van der Waals surface area contributed by atoms with Crippen molar-refractivity contribution >= 4 is 5.78 Å². The van der Waals surface area contributed by atoms with Crippen LogP contribution in [-0.4, -0.2) is 15.6 Å². The predicted octanol–water partition coefficient (Wildman–Crippen LogP) is 2.28. The average Bonchev–Trinajstić information content (AvgIpc) is 2.89. The minimum Gasteiger partial charge on any atom is -0.318 e. The first-order chi connectivity index (χ1) is 9.65. The minimum absolute atomic E-state index is 0.0217. The second-order valence-electron chi connectivity index (χ2n) is 4.83. The number of aromatic nitrogens is 2. The SMILES string of the molecule is CCc1cc(CC(=O)[C@H](N)c2ccccc2)n(CC)n1. The van der Waals surface area contributed by atoms with E-state index in [2.05, 4.69) is 12.0 Å². The molecule has 0 radical (unpaired) electrons. The van der Waals surface area contributed by atoms with Gasteiger partial charge in [-0.2, -0.15) is 5.10 Å². The Morgan fingerprint density at radius 2 is 2.00 bits per heavy atom. The third kappa shape index (κ3) is 3.14. The number of hydrogen-bond acceptors (Lipinski definition) is 3. The highest BCUT2D eigenvalue weighted by atomic mass is 16.1. The number of aryl methyl sites for hydroxylation is 2. The molecular weight excluding hydrogens is 250 g/mol. The molecule has 20 heavy (non-hydrogen) atoms. The molecule has 2 N–H and O–H groups in total. The smallest absolute Gasteiger partial charge is 0.159 e. The van der Waals surface area contributed by atoms with E-state index in [1.807, 2.05) is 48.0 Å². The molecule has 0 saturated heterocycles. The normalized spacial score (nSPS) is 12.3. The van der Waals surface area contributed by atoms with E-state index in [-0.39, 0.29) is 5.78 Å². The van der Waals surface area contributed by atoms with Gasteiger partial charge in [0.05, 0.1) is 18.2 Å². The molecule has 0 amide bonds. The number of carbonyl (C=O) groups excluding carboxylic acids is 1. The maximum atomic E-state index is 12.3. The Hall–Kier alpha value is -1.94. The van der Waals surface area contributed by atoms with Gasteiger partial charge in [-0.15, -0.1) is 0 Å². The van der Waals surface area contributed by atoms with Crippen LogP contribution in [-0.2, 0) is 24.2 Å². The van der Waals surface area contributed by atoms with Gasteiger partial charge in [0.2, 0.25) is 0 Å². The topological polar surface area (TPSA) is 60.9 Å². The molecule has 0 aliphatic rings. The summed E-state index contributed by atoms with van der Waals surface area (Å²) in [7, 11) is 0. The zero-order chi connectivity index (χ0) is 14.5. The van der Waals surface area contributed by atoms with E-state index in [9.17, 15) is 4.79 Å². The van der Waals surface area contributed by atoms with Gasteiger partial charge in [0.15, 0.2) is 5.78 Å². The highest BCUT2D eigenvalue weighted by Crippen LogP contribution is 2.14. The van der Waals surface area contributed by atoms with E-state index in [4.69, 9.17) is 5.73 Å². The maximum absolute atomic E-state index is 12.3. The van der Waals surface area contributed by atoms with Gasteiger partial charge in [-0.05, 0) is 25.0 Å². The summed E-state index contributed by atoms with van der Waals surface area (Å²) in [6.45, 7) is 4.85. The van der Waals surface area contributed by atoms with Gasteiger partial charge in [-0.25, -0.2) is 0 Å². The largest absolute Gasteiger partial charge is 0.318 e. The van der Waals surface area contributed by atoms with Crippen molar-refractivity contribution < 1.29 is 4.79 Å². The fraction of sp³-hybridized carbons (Fsp3) is 0.375. The summed E-state index contributed by atoms with van der Waals surface area (Å²) in [5.74, 6) is 0.0217. The molecule has 106 valence electrons. The van der Waals surface area contributed by atoms with Crippen molar-refractivity contribution in [2.24, 2.45) is 5.73 Å². The lowest BCUT2D eigenvalue weighted by Crippen LogP contribution is -2.24. The first kappa shape index (κ1) is 14.5. The van der Waals surface area contributed by atoms with Crippen LogP contribution in [0.4, 0.5) is 0 Å². The molecule has 0 aliphatic heterocycles. The Morgan fingerprint density at radius 3 is 2.60 bits per heavy atom. The van der Waals surface area contributed by atoms with Gasteiger partial charge in [-0.3, -0.25) is 9.48 Å². The van der Waals surface area contributed by atoms with Crippen molar-refractivity contribution in [1.29, 1.82) is 0 Å². The second kappa shape index (κ2) is 6.48. The van der Waals surface area contributed by atoms with E-state index in [0.29, 0.717) is 6.42 Å². The zero-order valence-corrected chi connectivity index (χ0v) is 12.0. The van der Waals surface area contributed by atoms with Crippen LogP contribution in [0.1, 0.15) is 36.8 Å². The highest BCUT2D eigenvalue weighted by molar-refractivity contribution is 5.86. The van der Waals surface area contributed by atoms with Crippen LogP contribution >= 0.6 is 0 Å². The number of Topliss-reactive ketones (excluding diaryl/α,β-unsaturated/α-hetero) is 1. The number of hydrogen-bond donors (Lipinski definition) is 1. The van der Waals surface area contributed by atoms with Crippen molar-refractivity contribution in [2.45, 2.75) is 39.3 Å². The predicted molar refractivity (Wildman–Crippen MR) is 79.4 cm³/mol. The lowest BCUT2D eigenvalue weighted by atomic mass is 10.0. The summed E-state index contributed by atoms with van der Waals surface area (Å²) in [5, 5.41) is 4.46. The van der Waals surface area contributed by atoms with Gasteiger partial charge in [0, 0.05) is 12.2 Å². The molecular formula is C16H21N3O. The van der Waals surface area contributed by atoms with E-state index < -0.39 is 6.04 Å². The standard InChI is InChI=1S/C16H21N3O/c1-3-13-10-14(19(4-2)18-13)11-15(20)16(17)12-8-6-5-7-9-12/h5-10,16H,3-4,11,17H2,1-2H3/t16-/m1/s1. The van der Waals surface area contributed by atoms with E-state index >= 15 is 0 Å². The molecule has 0 aliphatic carbocycles. The third-order valence-electron chi connectivity index (χ3n) is 3.44.